The molecule has 5 fully saturated rings. The molecular weight excluding hydrogens is 989 g/mol. The van der Waals surface area contributed by atoms with Gasteiger partial charge in [-0.05, 0) is 152 Å². The number of hydrogen-bond acceptors (Lipinski definition) is 10. The zero-order valence-corrected chi connectivity index (χ0v) is 46.4. The molecule has 18 heteroatoms. The van der Waals surface area contributed by atoms with Gasteiger partial charge in [0, 0.05) is 37.0 Å². The number of likely N-dealkylation sites (N-methyl/N-ethyl adjacent to an activating group) is 2. The molecule has 0 spiro atoms. The van der Waals surface area contributed by atoms with Crippen LogP contribution >= 0.6 is 0 Å². The molecule has 0 bridgehead atoms. The van der Waals surface area contributed by atoms with Crippen LogP contribution in [0.25, 0.3) is 0 Å². The fourth-order valence-electron chi connectivity index (χ4n) is 13.9. The number of carbonyl (C=O) groups excluding carboxylic acids is 8. The van der Waals surface area contributed by atoms with Gasteiger partial charge in [0.1, 0.15) is 24.2 Å². The van der Waals surface area contributed by atoms with E-state index in [-0.39, 0.29) is 109 Å². The van der Waals surface area contributed by atoms with Crippen molar-refractivity contribution in [3.05, 3.63) is 70.8 Å². The third-order valence-electron chi connectivity index (χ3n) is 18.9. The molecule has 78 heavy (non-hydrogen) atoms. The van der Waals surface area contributed by atoms with E-state index in [0.29, 0.717) is 25.7 Å². The first kappa shape index (κ1) is 56.8. The Bertz CT molecular complexity index is 2340. The van der Waals surface area contributed by atoms with E-state index >= 15 is 0 Å². The minimum absolute atomic E-state index is 0.0767. The Labute approximate surface area is 460 Å². The summed E-state index contributed by atoms with van der Waals surface area (Å²) >= 11 is 0. The molecule has 8 N–H and O–H groups in total. The smallest absolute Gasteiger partial charge is 0.246 e. The summed E-state index contributed by atoms with van der Waals surface area (Å²) in [6.07, 6.45) is 14.6. The van der Waals surface area contributed by atoms with Crippen LogP contribution in [0.15, 0.2) is 48.5 Å². The number of likely N-dealkylation sites (tertiary alicyclic amines) is 2. The Hall–Kier alpha value is -5.88. The lowest BCUT2D eigenvalue weighted by Crippen LogP contribution is -2.58. The summed E-state index contributed by atoms with van der Waals surface area (Å²) in [4.78, 5) is 117. The largest absolute Gasteiger partial charge is 0.351 e. The minimum Gasteiger partial charge on any atom is -0.351 e. The molecule has 8 amide bonds. The van der Waals surface area contributed by atoms with Gasteiger partial charge in [-0.25, -0.2) is 0 Å². The van der Waals surface area contributed by atoms with E-state index in [1.165, 1.54) is 11.1 Å². The maximum absolute atomic E-state index is 14.9. The zero-order valence-electron chi connectivity index (χ0n) is 46.4. The molecule has 7 aliphatic rings. The zero-order chi connectivity index (χ0) is 55.0. The van der Waals surface area contributed by atoms with Crippen molar-refractivity contribution < 1.29 is 38.4 Å². The Morgan fingerprint density at radius 3 is 1.21 bits per heavy atom. The van der Waals surface area contributed by atoms with Crippen molar-refractivity contribution in [2.75, 3.05) is 27.2 Å². The van der Waals surface area contributed by atoms with Crippen LogP contribution < -0.4 is 42.5 Å². The van der Waals surface area contributed by atoms with E-state index in [0.717, 1.165) is 101 Å². The number of nitrogens with zero attached hydrogens (tertiary/aromatic N) is 2. The highest BCUT2D eigenvalue weighted by molar-refractivity contribution is 5.95. The predicted molar refractivity (Wildman–Crippen MR) is 295 cm³/mol. The monoisotopic (exact) mass is 1070 g/mol. The molecule has 0 aromatic heterocycles. The summed E-state index contributed by atoms with van der Waals surface area (Å²) in [6, 6.07) is 10.4. The van der Waals surface area contributed by atoms with E-state index in [9.17, 15) is 38.4 Å². The maximum atomic E-state index is 14.9. The molecular formula is C60H86N10O8. The average molecular weight is 1080 g/mol. The van der Waals surface area contributed by atoms with Crippen LogP contribution in [0.1, 0.15) is 164 Å². The molecule has 2 aliphatic heterocycles. The number of benzene rings is 2. The van der Waals surface area contributed by atoms with Crippen LogP contribution in [0.2, 0.25) is 0 Å². The van der Waals surface area contributed by atoms with Gasteiger partial charge in [0.2, 0.25) is 47.3 Å². The van der Waals surface area contributed by atoms with E-state index in [4.69, 9.17) is 0 Å². The molecule has 2 saturated heterocycles. The summed E-state index contributed by atoms with van der Waals surface area (Å²) in [5.74, 6) is -2.99. The van der Waals surface area contributed by atoms with Crippen LogP contribution in [-0.2, 0) is 51.2 Å². The maximum Gasteiger partial charge on any atom is 0.246 e. The fourth-order valence-corrected chi connectivity index (χ4v) is 13.9. The van der Waals surface area contributed by atoms with Crippen molar-refractivity contribution in [1.82, 2.24) is 52.3 Å². The van der Waals surface area contributed by atoms with Gasteiger partial charge in [-0.15, -0.1) is 0 Å². The van der Waals surface area contributed by atoms with E-state index in [2.05, 4.69) is 54.7 Å². The van der Waals surface area contributed by atoms with Crippen molar-refractivity contribution in [1.29, 1.82) is 0 Å². The molecule has 2 heterocycles. The Morgan fingerprint density at radius 1 is 0.462 bits per heavy atom. The van der Waals surface area contributed by atoms with Crippen LogP contribution in [0, 0.1) is 23.7 Å². The number of rotatable bonds is 18. The van der Waals surface area contributed by atoms with Crippen molar-refractivity contribution >= 4 is 47.3 Å². The van der Waals surface area contributed by atoms with Gasteiger partial charge >= 0.3 is 0 Å². The summed E-state index contributed by atoms with van der Waals surface area (Å²) in [5, 5.41) is 25.0. The number of aryl methyl sites for hydroxylation is 2. The summed E-state index contributed by atoms with van der Waals surface area (Å²) in [7, 11) is 3.40. The Balaban J connectivity index is 0.847. The van der Waals surface area contributed by atoms with Crippen LogP contribution in [0.3, 0.4) is 0 Å². The van der Waals surface area contributed by atoms with Gasteiger partial charge in [0.15, 0.2) is 0 Å². The quantitative estimate of drug-likeness (QED) is 0.107. The number of amides is 8. The first-order valence-corrected chi connectivity index (χ1v) is 29.6. The molecule has 9 rings (SSSR count). The third kappa shape index (κ3) is 13.1. The molecule has 18 nitrogen and oxygen atoms in total. The van der Waals surface area contributed by atoms with Crippen LogP contribution in [-0.4, -0.2) is 133 Å². The van der Waals surface area contributed by atoms with Crippen LogP contribution in [0.5, 0.6) is 0 Å². The first-order chi connectivity index (χ1) is 37.7. The lowest BCUT2D eigenvalue weighted by Gasteiger charge is -2.35. The third-order valence-corrected chi connectivity index (χ3v) is 18.9. The Kier molecular flexibility index (Phi) is 18.9. The van der Waals surface area contributed by atoms with E-state index in [1.807, 2.05) is 36.4 Å². The van der Waals surface area contributed by atoms with Crippen molar-refractivity contribution in [3.8, 4) is 0 Å². The van der Waals surface area contributed by atoms with Gasteiger partial charge < -0.3 is 52.3 Å². The van der Waals surface area contributed by atoms with Gasteiger partial charge in [0.05, 0.1) is 24.2 Å². The lowest BCUT2D eigenvalue weighted by atomic mass is 9.81. The lowest BCUT2D eigenvalue weighted by molar-refractivity contribution is -0.143. The highest BCUT2D eigenvalue weighted by Crippen LogP contribution is 2.36. The highest BCUT2D eigenvalue weighted by atomic mass is 16.2. The normalized spacial score (nSPS) is 27.8. The second-order valence-corrected chi connectivity index (χ2v) is 23.8. The van der Waals surface area contributed by atoms with Crippen molar-refractivity contribution in [2.45, 2.75) is 203 Å². The summed E-state index contributed by atoms with van der Waals surface area (Å²) in [5.41, 5.74) is 4.53. The molecule has 0 unspecified atom stereocenters. The number of hydrogen-bond donors (Lipinski definition) is 8. The number of carbonyl (C=O) groups is 8. The molecule has 0 radical (unpaired) electrons. The van der Waals surface area contributed by atoms with Crippen molar-refractivity contribution in [2.24, 2.45) is 23.7 Å². The fraction of sp³-hybridized carbons (Fsp3) is 0.667. The van der Waals surface area contributed by atoms with Gasteiger partial charge in [0.25, 0.3) is 0 Å². The standard InChI is InChI=1S/C60H86N10O8/c1-35(61-3)53(71)67-51(39-17-7-5-8-18-39)59(77)69-33-43(31-49(69)57(75)65-47-29-27-37-15-11-13-21-45(37)47)63-55(73)41-23-25-42(26-24-41)56(74)64-44-32-50(58(76)66-48-30-28-38-16-12-14-22-46(38)48)70(34-44)60(78)52(40-19-9-6-10-20-40)68-54(72)36(2)62-4/h11-16,21-22,35-36,39-44,47-52,61-62H,5-10,17-20,23-34H2,1-4H3,(H,63,73)(H,64,74)(H,65,75)(H,66,76)(H,67,71)(H,68,72)/t35-,36-,41?,42?,43-,44-,47+,48+,49-,50-,51-,52-/m0/s1. The van der Waals surface area contributed by atoms with E-state index in [1.54, 1.807) is 37.7 Å². The minimum atomic E-state index is -0.856. The SMILES string of the molecule is CN[C@@H](C)C(=O)N[C@H](C(=O)N1C[C@@H](NC(=O)C2CCC(C(=O)N[C@H]3C[C@@H](C(=O)N[C@@H]4CCc5ccccc54)N(C(=O)[C@@H](NC(=O)[C@H](C)NC)C4CCCCC4)C3)CC2)C[C@H]1C(=O)N[C@@H]1CCc2ccccc21)C1CCCCC1. The average Bonchev–Trinajstić information content (AvgIpc) is 4.31. The predicted octanol–water partition coefficient (Wildman–Crippen LogP) is 3.92. The number of nitrogens with one attached hydrogen (secondary N) is 8. The molecule has 10 atom stereocenters. The number of fused-ring (bicyclic) bond motifs is 2. The summed E-state index contributed by atoms with van der Waals surface area (Å²) < 4.78 is 0. The van der Waals surface area contributed by atoms with Gasteiger partial charge in [-0.2, -0.15) is 0 Å². The van der Waals surface area contributed by atoms with E-state index < -0.39 is 48.3 Å². The second-order valence-electron chi connectivity index (χ2n) is 23.8. The van der Waals surface area contributed by atoms with Gasteiger partial charge in [-0.1, -0.05) is 87.1 Å². The molecule has 2 aromatic rings. The highest BCUT2D eigenvalue weighted by Gasteiger charge is 2.48. The van der Waals surface area contributed by atoms with Crippen LogP contribution in [0.4, 0.5) is 0 Å². The molecule has 5 aliphatic carbocycles. The molecule has 3 saturated carbocycles. The van der Waals surface area contributed by atoms with Crippen molar-refractivity contribution in [3.63, 3.8) is 0 Å². The first-order valence-electron chi connectivity index (χ1n) is 29.6. The second kappa shape index (κ2) is 25.9. The van der Waals surface area contributed by atoms with Gasteiger partial charge in [-0.3, -0.25) is 38.4 Å². The Morgan fingerprint density at radius 2 is 0.833 bits per heavy atom. The topological polar surface area (TPSA) is 239 Å². The molecule has 2 aromatic carbocycles. The molecule has 424 valence electrons. The summed E-state index contributed by atoms with van der Waals surface area (Å²) in [6.45, 7) is 3.75.